The highest BCUT2D eigenvalue weighted by molar-refractivity contribution is 6.23. The van der Waals surface area contributed by atoms with Gasteiger partial charge in [0.1, 0.15) is 5.84 Å². The van der Waals surface area contributed by atoms with Crippen molar-refractivity contribution in [1.29, 1.82) is 10.7 Å². The standard InChI is InChI=1S/C24H31F3N6O/c25-24(26,27)10-9-15-3-5-18(6-4-15)33-22(29)20(23(30)34)14-32-21-8-7-19(11-17(21)12-28)31-13-16-1-2-16/h3-6,14,16-17,19,21,31-32H,1-2,7-11,13H2,(H2,29,33)(H2,30,34)/b20-14+/t17-,19-,21+/m1/s1. The second-order valence-corrected chi connectivity index (χ2v) is 9.10. The van der Waals surface area contributed by atoms with Crippen LogP contribution in [0.1, 0.15) is 44.1 Å². The molecule has 2 aliphatic carbocycles. The van der Waals surface area contributed by atoms with Crippen LogP contribution < -0.4 is 21.7 Å². The van der Waals surface area contributed by atoms with Gasteiger partial charge in [0.2, 0.25) is 0 Å². The van der Waals surface area contributed by atoms with Crippen LogP contribution in [-0.4, -0.2) is 36.5 Å². The van der Waals surface area contributed by atoms with Crippen molar-refractivity contribution < 1.29 is 18.0 Å². The number of benzene rings is 1. The summed E-state index contributed by atoms with van der Waals surface area (Å²) in [5, 5.41) is 27.2. The number of nitrogens with two attached hydrogens (primary N) is 1. The van der Waals surface area contributed by atoms with Gasteiger partial charge in [-0.3, -0.25) is 10.2 Å². The minimum atomic E-state index is -4.22. The third-order valence-corrected chi connectivity index (χ3v) is 6.31. The summed E-state index contributed by atoms with van der Waals surface area (Å²) < 4.78 is 37.1. The second-order valence-electron chi connectivity index (χ2n) is 9.10. The number of carbonyl (C=O) groups is 1. The zero-order valence-corrected chi connectivity index (χ0v) is 18.9. The van der Waals surface area contributed by atoms with Crippen LogP contribution in [0.15, 0.2) is 36.0 Å². The van der Waals surface area contributed by atoms with Gasteiger partial charge in [-0.1, -0.05) is 12.1 Å². The predicted octanol–water partition coefficient (Wildman–Crippen LogP) is 3.59. The third kappa shape index (κ3) is 8.06. The number of nitrogens with zero attached hydrogens (tertiary/aromatic N) is 1. The van der Waals surface area contributed by atoms with E-state index in [2.05, 4.69) is 22.0 Å². The van der Waals surface area contributed by atoms with E-state index in [1.165, 1.54) is 19.0 Å². The van der Waals surface area contributed by atoms with Gasteiger partial charge in [-0.2, -0.15) is 18.4 Å². The minimum absolute atomic E-state index is 0.0770. The van der Waals surface area contributed by atoms with E-state index in [1.807, 2.05) is 0 Å². The van der Waals surface area contributed by atoms with E-state index in [9.17, 15) is 23.2 Å². The molecule has 1 aromatic rings. The van der Waals surface area contributed by atoms with Crippen molar-refractivity contribution in [1.82, 2.24) is 10.6 Å². The largest absolute Gasteiger partial charge is 0.389 e. The molecule has 10 heteroatoms. The molecule has 3 rings (SSSR count). The smallest absolute Gasteiger partial charge is 0.386 e. The molecule has 1 aromatic carbocycles. The molecule has 2 fully saturated rings. The van der Waals surface area contributed by atoms with Gasteiger partial charge in [0, 0.05) is 30.4 Å². The summed E-state index contributed by atoms with van der Waals surface area (Å²) in [6.45, 7) is 0.999. The molecule has 0 aromatic heterocycles. The molecule has 7 nitrogen and oxygen atoms in total. The summed E-state index contributed by atoms with van der Waals surface area (Å²) in [4.78, 5) is 11.9. The molecule has 184 valence electrons. The number of amides is 1. The van der Waals surface area contributed by atoms with Crippen LogP contribution in [0.5, 0.6) is 0 Å². The average Bonchev–Trinajstić information content (AvgIpc) is 3.61. The van der Waals surface area contributed by atoms with E-state index in [1.54, 1.807) is 24.3 Å². The van der Waals surface area contributed by atoms with Crippen molar-refractivity contribution in [2.24, 2.45) is 17.6 Å². The van der Waals surface area contributed by atoms with Gasteiger partial charge in [0.15, 0.2) is 0 Å². The molecular formula is C24H31F3N6O. The number of amidine groups is 1. The molecule has 0 saturated heterocycles. The summed E-state index contributed by atoms with van der Waals surface area (Å²) >= 11 is 0. The molecule has 0 spiro atoms. The molecule has 2 saturated carbocycles. The number of aryl methyl sites for hydroxylation is 1. The van der Waals surface area contributed by atoms with E-state index in [-0.39, 0.29) is 29.8 Å². The number of alkyl halides is 3. The van der Waals surface area contributed by atoms with Crippen LogP contribution in [0.4, 0.5) is 18.9 Å². The van der Waals surface area contributed by atoms with Crippen LogP contribution in [0, 0.1) is 28.6 Å². The number of hydrogen-bond donors (Lipinski definition) is 5. The van der Waals surface area contributed by atoms with Crippen molar-refractivity contribution in [2.45, 2.75) is 63.2 Å². The summed E-state index contributed by atoms with van der Waals surface area (Å²) in [7, 11) is 0. The summed E-state index contributed by atoms with van der Waals surface area (Å²) in [6, 6.07) is 8.68. The molecule has 0 unspecified atom stereocenters. The highest BCUT2D eigenvalue weighted by atomic mass is 19.4. The fraction of sp³-hybridized carbons (Fsp3) is 0.542. The normalized spacial score (nSPS) is 23.1. The Hall–Kier alpha value is -3.06. The summed E-state index contributed by atoms with van der Waals surface area (Å²) in [5.41, 5.74) is 6.36. The van der Waals surface area contributed by atoms with Crippen LogP contribution in [0.25, 0.3) is 0 Å². The molecule has 0 bridgehead atoms. The number of carbonyl (C=O) groups excluding carboxylic acids is 1. The molecule has 2 aliphatic rings. The van der Waals surface area contributed by atoms with Crippen molar-refractivity contribution in [3.05, 3.63) is 41.6 Å². The first-order valence-corrected chi connectivity index (χ1v) is 11.5. The third-order valence-electron chi connectivity index (χ3n) is 6.31. The van der Waals surface area contributed by atoms with Gasteiger partial charge in [-0.15, -0.1) is 0 Å². The second kappa shape index (κ2) is 11.4. The maximum Gasteiger partial charge on any atom is 0.389 e. The van der Waals surface area contributed by atoms with Crippen LogP contribution in [-0.2, 0) is 11.2 Å². The van der Waals surface area contributed by atoms with E-state index in [0.717, 1.165) is 31.7 Å². The van der Waals surface area contributed by atoms with Gasteiger partial charge in [-0.25, -0.2) is 0 Å². The van der Waals surface area contributed by atoms with E-state index in [4.69, 9.17) is 11.1 Å². The summed E-state index contributed by atoms with van der Waals surface area (Å²) in [5.74, 6) is -0.509. The maximum absolute atomic E-state index is 12.4. The van der Waals surface area contributed by atoms with E-state index in [0.29, 0.717) is 17.3 Å². The first-order valence-electron chi connectivity index (χ1n) is 11.5. The molecular weight excluding hydrogens is 445 g/mol. The van der Waals surface area contributed by atoms with Crippen molar-refractivity contribution in [3.8, 4) is 6.07 Å². The first-order chi connectivity index (χ1) is 16.1. The number of nitriles is 1. The van der Waals surface area contributed by atoms with Gasteiger partial charge >= 0.3 is 6.18 Å². The van der Waals surface area contributed by atoms with Gasteiger partial charge in [0.05, 0.1) is 17.6 Å². The molecule has 34 heavy (non-hydrogen) atoms. The monoisotopic (exact) mass is 476 g/mol. The minimum Gasteiger partial charge on any atom is -0.386 e. The topological polar surface area (TPSA) is 127 Å². The number of hydrogen-bond acceptors (Lipinski definition) is 5. The molecule has 0 radical (unpaired) electrons. The predicted molar refractivity (Wildman–Crippen MR) is 124 cm³/mol. The van der Waals surface area contributed by atoms with Crippen molar-refractivity contribution >= 4 is 17.4 Å². The van der Waals surface area contributed by atoms with Crippen LogP contribution in [0.2, 0.25) is 0 Å². The fourth-order valence-corrected chi connectivity index (χ4v) is 4.06. The first kappa shape index (κ1) is 25.6. The van der Waals surface area contributed by atoms with E-state index < -0.39 is 18.5 Å². The SMILES string of the molecule is N#C[C@H]1C[C@H](NCC2CC2)CC[C@@H]1N/C=C(\C(=N)Nc1ccc(CCC(F)(F)F)cc1)C(N)=O. The number of anilines is 1. The Morgan fingerprint density at radius 3 is 2.50 bits per heavy atom. The molecule has 0 heterocycles. The average molecular weight is 477 g/mol. The number of halogens is 3. The summed E-state index contributed by atoms with van der Waals surface area (Å²) in [6.07, 6.45) is 1.06. The lowest BCUT2D eigenvalue weighted by molar-refractivity contribution is -0.134. The zero-order chi connectivity index (χ0) is 24.7. The Balaban J connectivity index is 1.55. The van der Waals surface area contributed by atoms with Crippen molar-refractivity contribution in [3.63, 3.8) is 0 Å². The number of primary amides is 1. The van der Waals surface area contributed by atoms with Gasteiger partial charge in [-0.05, 0) is 68.7 Å². The van der Waals surface area contributed by atoms with E-state index >= 15 is 0 Å². The van der Waals surface area contributed by atoms with Crippen LogP contribution >= 0.6 is 0 Å². The molecule has 3 atom stereocenters. The molecule has 6 N–H and O–H groups in total. The number of rotatable bonds is 10. The lowest BCUT2D eigenvalue weighted by Crippen LogP contribution is -2.45. The number of nitrogens with one attached hydrogen (secondary N) is 4. The van der Waals surface area contributed by atoms with Crippen molar-refractivity contribution in [2.75, 3.05) is 11.9 Å². The Bertz CT molecular complexity index is 934. The Morgan fingerprint density at radius 1 is 1.21 bits per heavy atom. The van der Waals surface area contributed by atoms with Crippen LogP contribution in [0.3, 0.4) is 0 Å². The Kier molecular flexibility index (Phi) is 8.56. The fourth-order valence-electron chi connectivity index (χ4n) is 4.06. The van der Waals surface area contributed by atoms with Gasteiger partial charge in [0.25, 0.3) is 5.91 Å². The quantitative estimate of drug-likeness (QED) is 0.200. The molecule has 1 amide bonds. The molecule has 0 aliphatic heterocycles. The lowest BCUT2D eigenvalue weighted by Gasteiger charge is -2.33. The Morgan fingerprint density at radius 2 is 1.91 bits per heavy atom. The van der Waals surface area contributed by atoms with Gasteiger partial charge < -0.3 is 21.7 Å². The Labute approximate surface area is 197 Å². The lowest BCUT2D eigenvalue weighted by atomic mass is 9.82. The highest BCUT2D eigenvalue weighted by Gasteiger charge is 2.31. The maximum atomic E-state index is 12.4. The highest BCUT2D eigenvalue weighted by Crippen LogP contribution is 2.30. The zero-order valence-electron chi connectivity index (χ0n) is 18.9.